The fraction of sp³-hybridized carbons (Fsp3) is 0.412. The zero-order valence-electron chi connectivity index (χ0n) is 13.4. The first-order chi connectivity index (χ1) is 10.9. The molecule has 0 radical (unpaired) electrons. The van der Waals surface area contributed by atoms with E-state index in [2.05, 4.69) is 10.3 Å². The van der Waals surface area contributed by atoms with E-state index in [4.69, 9.17) is 5.73 Å². The summed E-state index contributed by atoms with van der Waals surface area (Å²) in [5, 5.41) is 12.9. The zero-order valence-corrected chi connectivity index (χ0v) is 13.4. The van der Waals surface area contributed by atoms with Crippen LogP contribution in [0.4, 0.5) is 0 Å². The highest BCUT2D eigenvalue weighted by Gasteiger charge is 2.24. The smallest absolute Gasteiger partial charge is 0.326 e. The van der Waals surface area contributed by atoms with Gasteiger partial charge in [0.2, 0.25) is 5.91 Å². The fourth-order valence-corrected chi connectivity index (χ4v) is 2.61. The lowest BCUT2D eigenvalue weighted by molar-refractivity contribution is -0.142. The molecule has 1 amide bonds. The number of carbonyl (C=O) groups excluding carboxylic acids is 1. The van der Waals surface area contributed by atoms with Crippen molar-refractivity contribution in [3.63, 3.8) is 0 Å². The normalized spacial score (nSPS) is 13.9. The van der Waals surface area contributed by atoms with Gasteiger partial charge in [-0.15, -0.1) is 0 Å². The Morgan fingerprint density at radius 2 is 2.00 bits per heavy atom. The molecule has 124 valence electrons. The number of carboxylic acids is 1. The molecule has 2 aromatic rings. The maximum atomic E-state index is 12.1. The molecule has 0 fully saturated rings. The first-order valence-electron chi connectivity index (χ1n) is 7.72. The summed E-state index contributed by atoms with van der Waals surface area (Å²) in [4.78, 5) is 26.7. The molecule has 2 rings (SSSR count). The van der Waals surface area contributed by atoms with Gasteiger partial charge in [-0.25, -0.2) is 4.79 Å². The average Bonchev–Trinajstić information content (AvgIpc) is 2.89. The molecule has 0 bridgehead atoms. The van der Waals surface area contributed by atoms with E-state index in [1.807, 2.05) is 38.1 Å². The number of benzene rings is 1. The highest BCUT2D eigenvalue weighted by molar-refractivity contribution is 5.88. The van der Waals surface area contributed by atoms with Gasteiger partial charge in [-0.1, -0.05) is 32.0 Å². The molecule has 0 aliphatic heterocycles. The van der Waals surface area contributed by atoms with Gasteiger partial charge >= 0.3 is 5.97 Å². The summed E-state index contributed by atoms with van der Waals surface area (Å²) in [6.07, 6.45) is 2.51. The summed E-state index contributed by atoms with van der Waals surface area (Å²) in [5.74, 6) is -1.22. The van der Waals surface area contributed by atoms with Gasteiger partial charge in [0.05, 0.1) is 6.04 Å². The van der Waals surface area contributed by atoms with Gasteiger partial charge in [-0.3, -0.25) is 4.79 Å². The summed E-state index contributed by atoms with van der Waals surface area (Å²) in [6, 6.07) is 5.95. The first kappa shape index (κ1) is 17.0. The van der Waals surface area contributed by atoms with E-state index in [-0.39, 0.29) is 12.3 Å². The lowest BCUT2D eigenvalue weighted by Gasteiger charge is -2.18. The van der Waals surface area contributed by atoms with Gasteiger partial charge in [0.1, 0.15) is 6.04 Å². The molecule has 0 saturated carbocycles. The van der Waals surface area contributed by atoms with Crippen LogP contribution in [0, 0.1) is 5.92 Å². The van der Waals surface area contributed by atoms with Gasteiger partial charge < -0.3 is 21.1 Å². The maximum absolute atomic E-state index is 12.1. The van der Waals surface area contributed by atoms with E-state index < -0.39 is 24.0 Å². The summed E-state index contributed by atoms with van der Waals surface area (Å²) in [5.41, 5.74) is 7.61. The first-order valence-corrected chi connectivity index (χ1v) is 7.72. The fourth-order valence-electron chi connectivity index (χ4n) is 2.61. The van der Waals surface area contributed by atoms with E-state index in [0.29, 0.717) is 6.42 Å². The molecule has 1 unspecified atom stereocenters. The van der Waals surface area contributed by atoms with Crippen molar-refractivity contribution in [2.75, 3.05) is 0 Å². The van der Waals surface area contributed by atoms with Crippen LogP contribution in [-0.4, -0.2) is 34.1 Å². The molecule has 23 heavy (non-hydrogen) atoms. The van der Waals surface area contributed by atoms with Gasteiger partial charge in [-0.2, -0.15) is 0 Å². The van der Waals surface area contributed by atoms with Crippen LogP contribution in [0.25, 0.3) is 10.9 Å². The number of aliphatic carboxylic acids is 1. The Kier molecular flexibility index (Phi) is 5.39. The minimum Gasteiger partial charge on any atom is -0.480 e. The molecule has 6 nitrogen and oxygen atoms in total. The summed E-state index contributed by atoms with van der Waals surface area (Å²) < 4.78 is 0. The van der Waals surface area contributed by atoms with Crippen molar-refractivity contribution in [3.8, 4) is 0 Å². The number of nitrogens with one attached hydrogen (secondary N) is 2. The van der Waals surface area contributed by atoms with Crippen LogP contribution in [0.3, 0.4) is 0 Å². The molecule has 6 heteroatoms. The Morgan fingerprint density at radius 3 is 2.65 bits per heavy atom. The van der Waals surface area contributed by atoms with Crippen LogP contribution in [-0.2, 0) is 16.0 Å². The summed E-state index contributed by atoms with van der Waals surface area (Å²) >= 11 is 0. The second kappa shape index (κ2) is 7.28. The molecule has 0 aliphatic rings. The van der Waals surface area contributed by atoms with Crippen molar-refractivity contribution < 1.29 is 14.7 Å². The minimum absolute atomic E-state index is 0.208. The molecular weight excluding hydrogens is 294 g/mol. The number of aromatic nitrogens is 1. The molecule has 2 atom stereocenters. The predicted octanol–water partition coefficient (Wildman–Crippen LogP) is 1.65. The number of amides is 1. The Labute approximate surface area is 135 Å². The van der Waals surface area contributed by atoms with E-state index >= 15 is 0 Å². The molecule has 1 aromatic heterocycles. The Hall–Kier alpha value is -2.34. The topological polar surface area (TPSA) is 108 Å². The number of hydrogen-bond donors (Lipinski definition) is 4. The van der Waals surface area contributed by atoms with Crippen molar-refractivity contribution in [2.45, 2.75) is 38.8 Å². The quantitative estimate of drug-likeness (QED) is 0.622. The van der Waals surface area contributed by atoms with E-state index in [1.165, 1.54) is 0 Å². The average molecular weight is 317 g/mol. The lowest BCUT2D eigenvalue weighted by atomic mass is 10.0. The molecule has 0 aliphatic carbocycles. The summed E-state index contributed by atoms with van der Waals surface area (Å²) in [6.45, 7) is 3.93. The number of aromatic amines is 1. The highest BCUT2D eigenvalue weighted by Crippen LogP contribution is 2.19. The van der Waals surface area contributed by atoms with Crippen LogP contribution in [0.2, 0.25) is 0 Å². The number of carboxylic acid groups (broad SMARTS) is 1. The van der Waals surface area contributed by atoms with Gasteiger partial charge in [0, 0.05) is 23.5 Å². The third-order valence-electron chi connectivity index (χ3n) is 3.78. The van der Waals surface area contributed by atoms with E-state index in [9.17, 15) is 14.7 Å². The molecule has 0 saturated heterocycles. The maximum Gasteiger partial charge on any atom is 0.326 e. The number of hydrogen-bond acceptors (Lipinski definition) is 3. The Bertz CT molecular complexity index is 693. The molecule has 1 aromatic carbocycles. The summed E-state index contributed by atoms with van der Waals surface area (Å²) in [7, 11) is 0. The van der Waals surface area contributed by atoms with Crippen molar-refractivity contribution in [3.05, 3.63) is 36.0 Å². The third kappa shape index (κ3) is 4.32. The van der Waals surface area contributed by atoms with E-state index in [0.717, 1.165) is 16.5 Å². The van der Waals surface area contributed by atoms with Crippen molar-refractivity contribution in [1.82, 2.24) is 10.3 Å². The lowest BCUT2D eigenvalue weighted by Crippen LogP contribution is -2.49. The van der Waals surface area contributed by atoms with Gasteiger partial charge in [0.15, 0.2) is 0 Å². The highest BCUT2D eigenvalue weighted by atomic mass is 16.4. The third-order valence-corrected chi connectivity index (χ3v) is 3.78. The molecule has 1 heterocycles. The number of rotatable bonds is 7. The van der Waals surface area contributed by atoms with Crippen LogP contribution in [0.1, 0.15) is 25.8 Å². The van der Waals surface area contributed by atoms with Crippen molar-refractivity contribution >= 4 is 22.8 Å². The van der Waals surface area contributed by atoms with Crippen LogP contribution in [0.5, 0.6) is 0 Å². The molecule has 0 spiro atoms. The Balaban J connectivity index is 2.10. The van der Waals surface area contributed by atoms with Crippen LogP contribution >= 0.6 is 0 Å². The monoisotopic (exact) mass is 317 g/mol. The number of nitrogens with two attached hydrogens (primary N) is 1. The standard InChI is InChI=1S/C17H23N3O3/c1-10(2)7-13(18)16(21)20-15(17(22)23)8-11-9-19-14-6-4-3-5-12(11)14/h3-6,9-10,13,15,19H,7-8,18H2,1-2H3,(H,20,21)(H,22,23)/t13?,15-/m0/s1. The number of carbonyl (C=O) groups is 2. The largest absolute Gasteiger partial charge is 0.480 e. The van der Waals surface area contributed by atoms with Crippen LogP contribution in [0.15, 0.2) is 30.5 Å². The molecule has 5 N–H and O–H groups in total. The van der Waals surface area contributed by atoms with Gasteiger partial charge in [0.25, 0.3) is 0 Å². The van der Waals surface area contributed by atoms with Crippen LogP contribution < -0.4 is 11.1 Å². The van der Waals surface area contributed by atoms with Crippen molar-refractivity contribution in [1.29, 1.82) is 0 Å². The number of fused-ring (bicyclic) bond motifs is 1. The second-order valence-electron chi connectivity index (χ2n) is 6.20. The van der Waals surface area contributed by atoms with E-state index in [1.54, 1.807) is 6.20 Å². The Morgan fingerprint density at radius 1 is 1.30 bits per heavy atom. The molecular formula is C17H23N3O3. The second-order valence-corrected chi connectivity index (χ2v) is 6.20. The minimum atomic E-state index is -1.07. The predicted molar refractivity (Wildman–Crippen MR) is 89.0 cm³/mol. The number of para-hydroxylation sites is 1. The zero-order chi connectivity index (χ0) is 17.0. The number of H-pyrrole nitrogens is 1. The van der Waals surface area contributed by atoms with Crippen molar-refractivity contribution in [2.24, 2.45) is 11.7 Å². The SMILES string of the molecule is CC(C)CC(N)C(=O)N[C@@H](Cc1c[nH]c2ccccc12)C(=O)O. The van der Waals surface area contributed by atoms with Gasteiger partial charge in [-0.05, 0) is 24.0 Å².